The minimum atomic E-state index is -0.148. The predicted octanol–water partition coefficient (Wildman–Crippen LogP) is 1.15. The number of carbonyl (C=O) groups excluding carboxylic acids is 1. The van der Waals surface area contributed by atoms with Gasteiger partial charge in [-0.05, 0) is 46.0 Å². The molecule has 9 nitrogen and oxygen atoms in total. The summed E-state index contributed by atoms with van der Waals surface area (Å²) in [6.45, 7) is 4.25. The van der Waals surface area contributed by atoms with Crippen molar-refractivity contribution < 1.29 is 9.53 Å². The lowest BCUT2D eigenvalue weighted by Gasteiger charge is -2.23. The molecule has 3 rings (SSSR count). The van der Waals surface area contributed by atoms with Crippen LogP contribution in [-0.4, -0.2) is 76.5 Å². The smallest absolute Gasteiger partial charge is 0.269 e. The summed E-state index contributed by atoms with van der Waals surface area (Å²) in [6.07, 6.45) is 3.58. The molecule has 0 bridgehead atoms. The van der Waals surface area contributed by atoms with Gasteiger partial charge in [-0.25, -0.2) is 9.97 Å². The maximum Gasteiger partial charge on any atom is 0.269 e. The van der Waals surface area contributed by atoms with Gasteiger partial charge in [0.1, 0.15) is 11.4 Å². The van der Waals surface area contributed by atoms with Crippen molar-refractivity contribution in [2.24, 2.45) is 7.05 Å². The van der Waals surface area contributed by atoms with Crippen molar-refractivity contribution in [3.63, 3.8) is 0 Å². The Morgan fingerprint density at radius 1 is 1.36 bits per heavy atom. The maximum atomic E-state index is 12.6. The monoisotopic (exact) mass is 387 g/mol. The van der Waals surface area contributed by atoms with Crippen LogP contribution < -0.4 is 10.6 Å². The molecule has 1 saturated heterocycles. The second kappa shape index (κ2) is 9.11. The number of nitrogens with one attached hydrogen (secondary N) is 2. The standard InChI is InChI=1S/C19H29N7O2/c1-13(12-25(2)3)21-18(27)17-11-16(24-26(17)4)15-5-8-20-19(23-15)22-14-6-9-28-10-7-14/h5,8,11,13-14H,6-7,9-10,12H2,1-4H3,(H,21,27)(H,20,22,23)/t13-/m0/s1. The quantitative estimate of drug-likeness (QED) is 0.735. The highest BCUT2D eigenvalue weighted by atomic mass is 16.5. The van der Waals surface area contributed by atoms with Crippen LogP contribution in [0.5, 0.6) is 0 Å². The third-order valence-corrected chi connectivity index (χ3v) is 4.60. The van der Waals surface area contributed by atoms with Gasteiger partial charge in [0, 0.05) is 45.1 Å². The van der Waals surface area contributed by atoms with Gasteiger partial charge in [0.05, 0.1) is 5.69 Å². The number of carbonyl (C=O) groups is 1. The van der Waals surface area contributed by atoms with Crippen LogP contribution in [0.3, 0.4) is 0 Å². The molecule has 0 aliphatic carbocycles. The van der Waals surface area contributed by atoms with E-state index in [1.165, 1.54) is 0 Å². The number of hydrogen-bond donors (Lipinski definition) is 2. The number of anilines is 1. The van der Waals surface area contributed by atoms with Crippen molar-refractivity contribution in [1.29, 1.82) is 0 Å². The summed E-state index contributed by atoms with van der Waals surface area (Å²) in [5.74, 6) is 0.422. The zero-order chi connectivity index (χ0) is 20.1. The Hall–Kier alpha value is -2.52. The minimum Gasteiger partial charge on any atom is -0.381 e. The SMILES string of the molecule is C[C@@H](CN(C)C)NC(=O)c1cc(-c2ccnc(NC3CCOCC3)n2)nn1C. The summed E-state index contributed by atoms with van der Waals surface area (Å²) in [5.41, 5.74) is 1.82. The number of rotatable bonds is 7. The maximum absolute atomic E-state index is 12.6. The molecule has 1 fully saturated rings. The highest BCUT2D eigenvalue weighted by Crippen LogP contribution is 2.19. The Balaban J connectivity index is 1.71. The van der Waals surface area contributed by atoms with Gasteiger partial charge in [-0.1, -0.05) is 0 Å². The van der Waals surface area contributed by atoms with Gasteiger partial charge in [-0.3, -0.25) is 9.48 Å². The zero-order valence-electron chi connectivity index (χ0n) is 17.0. The fourth-order valence-electron chi connectivity index (χ4n) is 3.29. The average Bonchev–Trinajstić information content (AvgIpc) is 3.04. The molecule has 0 spiro atoms. The van der Waals surface area contributed by atoms with Gasteiger partial charge in [0.2, 0.25) is 5.95 Å². The summed E-state index contributed by atoms with van der Waals surface area (Å²) < 4.78 is 6.97. The Labute approximate surface area is 165 Å². The van der Waals surface area contributed by atoms with Crippen molar-refractivity contribution in [3.05, 3.63) is 24.0 Å². The van der Waals surface area contributed by atoms with Crippen molar-refractivity contribution in [2.75, 3.05) is 39.2 Å². The second-order valence-corrected chi connectivity index (χ2v) is 7.47. The molecule has 0 saturated carbocycles. The van der Waals surface area contributed by atoms with E-state index in [0.29, 0.717) is 29.1 Å². The van der Waals surface area contributed by atoms with Crippen molar-refractivity contribution in [3.8, 4) is 11.4 Å². The molecule has 1 atom stereocenters. The Morgan fingerprint density at radius 3 is 2.82 bits per heavy atom. The molecule has 1 amide bonds. The van der Waals surface area contributed by atoms with E-state index >= 15 is 0 Å². The molecular weight excluding hydrogens is 358 g/mol. The highest BCUT2D eigenvalue weighted by Gasteiger charge is 2.18. The molecule has 2 aromatic heterocycles. The first-order valence-electron chi connectivity index (χ1n) is 9.59. The van der Waals surface area contributed by atoms with Crippen LogP contribution in [0.25, 0.3) is 11.4 Å². The second-order valence-electron chi connectivity index (χ2n) is 7.47. The fraction of sp³-hybridized carbons (Fsp3) is 0.579. The zero-order valence-corrected chi connectivity index (χ0v) is 17.0. The first-order valence-corrected chi connectivity index (χ1v) is 9.59. The van der Waals surface area contributed by atoms with Crippen molar-refractivity contribution in [1.82, 2.24) is 30.0 Å². The molecular formula is C19H29N7O2. The van der Waals surface area contributed by atoms with Crippen LogP contribution in [0.1, 0.15) is 30.3 Å². The van der Waals surface area contributed by atoms with E-state index in [1.54, 1.807) is 30.1 Å². The third-order valence-electron chi connectivity index (χ3n) is 4.60. The summed E-state index contributed by atoms with van der Waals surface area (Å²) in [5, 5.41) is 10.8. The predicted molar refractivity (Wildman–Crippen MR) is 107 cm³/mol. The van der Waals surface area contributed by atoms with Crippen LogP contribution in [-0.2, 0) is 11.8 Å². The third kappa shape index (κ3) is 5.26. The molecule has 0 aromatic carbocycles. The van der Waals surface area contributed by atoms with Gasteiger partial charge in [0.15, 0.2) is 0 Å². The largest absolute Gasteiger partial charge is 0.381 e. The Bertz CT molecular complexity index is 799. The molecule has 2 N–H and O–H groups in total. The summed E-state index contributed by atoms with van der Waals surface area (Å²) in [4.78, 5) is 23.5. The first-order chi connectivity index (χ1) is 13.4. The lowest BCUT2D eigenvalue weighted by atomic mass is 10.1. The number of hydrogen-bond acceptors (Lipinski definition) is 7. The van der Waals surface area contributed by atoms with E-state index < -0.39 is 0 Å². The van der Waals surface area contributed by atoms with Crippen LogP contribution in [0, 0.1) is 0 Å². The topological polar surface area (TPSA) is 97.2 Å². The molecule has 9 heteroatoms. The lowest BCUT2D eigenvalue weighted by Crippen LogP contribution is -2.40. The summed E-state index contributed by atoms with van der Waals surface area (Å²) >= 11 is 0. The number of aryl methyl sites for hydroxylation is 1. The van der Waals surface area contributed by atoms with Gasteiger partial charge < -0.3 is 20.3 Å². The number of nitrogens with zero attached hydrogens (tertiary/aromatic N) is 5. The molecule has 3 heterocycles. The normalized spacial score (nSPS) is 16.2. The van der Waals surface area contributed by atoms with E-state index in [2.05, 4.69) is 25.7 Å². The van der Waals surface area contributed by atoms with Crippen LogP contribution >= 0.6 is 0 Å². The molecule has 152 valence electrons. The number of ether oxygens (including phenoxy) is 1. The van der Waals surface area contributed by atoms with E-state index in [1.807, 2.05) is 25.9 Å². The average molecular weight is 387 g/mol. The molecule has 0 unspecified atom stereocenters. The first kappa shape index (κ1) is 20.2. The van der Waals surface area contributed by atoms with E-state index in [9.17, 15) is 4.79 Å². The van der Waals surface area contributed by atoms with Crippen LogP contribution in [0.4, 0.5) is 5.95 Å². The van der Waals surface area contributed by atoms with E-state index in [-0.39, 0.29) is 11.9 Å². The van der Waals surface area contributed by atoms with Crippen LogP contribution in [0.2, 0.25) is 0 Å². The van der Waals surface area contributed by atoms with Gasteiger partial charge in [0.25, 0.3) is 5.91 Å². The summed E-state index contributed by atoms with van der Waals surface area (Å²) in [7, 11) is 5.72. The molecule has 1 aliphatic heterocycles. The van der Waals surface area contributed by atoms with E-state index in [4.69, 9.17) is 4.74 Å². The number of amides is 1. The highest BCUT2D eigenvalue weighted by molar-refractivity contribution is 5.93. The lowest BCUT2D eigenvalue weighted by molar-refractivity contribution is 0.0902. The van der Waals surface area contributed by atoms with E-state index in [0.717, 1.165) is 32.6 Å². The van der Waals surface area contributed by atoms with Crippen molar-refractivity contribution >= 4 is 11.9 Å². The Kier molecular flexibility index (Phi) is 6.58. The molecule has 28 heavy (non-hydrogen) atoms. The van der Waals surface area contributed by atoms with Gasteiger partial charge in [-0.15, -0.1) is 0 Å². The van der Waals surface area contributed by atoms with Crippen LogP contribution in [0.15, 0.2) is 18.3 Å². The number of aromatic nitrogens is 4. The number of likely N-dealkylation sites (N-methyl/N-ethyl adjacent to an activating group) is 1. The fourth-order valence-corrected chi connectivity index (χ4v) is 3.29. The van der Waals surface area contributed by atoms with Crippen molar-refractivity contribution in [2.45, 2.75) is 31.8 Å². The summed E-state index contributed by atoms with van der Waals surface area (Å²) in [6, 6.07) is 3.91. The molecule has 1 aliphatic rings. The Morgan fingerprint density at radius 2 is 2.11 bits per heavy atom. The molecule has 2 aromatic rings. The minimum absolute atomic E-state index is 0.0372. The molecule has 0 radical (unpaired) electrons. The van der Waals surface area contributed by atoms with Gasteiger partial charge >= 0.3 is 0 Å². The van der Waals surface area contributed by atoms with Gasteiger partial charge in [-0.2, -0.15) is 5.10 Å².